The summed E-state index contributed by atoms with van der Waals surface area (Å²) in [5.41, 5.74) is 9.06. The summed E-state index contributed by atoms with van der Waals surface area (Å²) in [5.74, 6) is 0.173. The maximum Gasteiger partial charge on any atom is 0.344 e. The molecule has 0 bridgehead atoms. The highest BCUT2D eigenvalue weighted by atomic mass is 16.6. The number of ether oxygens (including phenoxy) is 2. The van der Waals surface area contributed by atoms with E-state index in [4.69, 9.17) is 15.2 Å². The number of hydrogen-bond acceptors (Lipinski definition) is 5. The standard InChI is InChI=1S/C20H26N2O3/c1-3-12-22(14-16-8-6-5-7-9-16)19-11-10-17(13-18(19)21)25-15-20(23)24-4-2/h5-11,13H,3-4,12,14-15,21H2,1-2H3. The summed E-state index contributed by atoms with van der Waals surface area (Å²) in [5, 5.41) is 0. The zero-order valence-corrected chi connectivity index (χ0v) is 14.9. The summed E-state index contributed by atoms with van der Waals surface area (Å²) in [7, 11) is 0. The van der Waals surface area contributed by atoms with Gasteiger partial charge in [-0.1, -0.05) is 37.3 Å². The van der Waals surface area contributed by atoms with Crippen molar-refractivity contribution in [1.82, 2.24) is 0 Å². The van der Waals surface area contributed by atoms with Crippen molar-refractivity contribution in [2.24, 2.45) is 0 Å². The van der Waals surface area contributed by atoms with Crippen molar-refractivity contribution in [1.29, 1.82) is 0 Å². The zero-order chi connectivity index (χ0) is 18.1. The van der Waals surface area contributed by atoms with Gasteiger partial charge < -0.3 is 20.1 Å². The predicted octanol–water partition coefficient (Wildman–Crippen LogP) is 3.63. The number of carbonyl (C=O) groups excluding carboxylic acids is 1. The molecule has 0 heterocycles. The summed E-state index contributed by atoms with van der Waals surface area (Å²) >= 11 is 0. The third-order valence-electron chi connectivity index (χ3n) is 3.71. The lowest BCUT2D eigenvalue weighted by atomic mass is 10.1. The second kappa shape index (κ2) is 9.57. The molecule has 0 saturated heterocycles. The summed E-state index contributed by atoms with van der Waals surface area (Å²) in [4.78, 5) is 13.6. The fourth-order valence-corrected chi connectivity index (χ4v) is 2.61. The molecule has 2 aromatic carbocycles. The highest BCUT2D eigenvalue weighted by Crippen LogP contribution is 2.29. The Kier molecular flexibility index (Phi) is 7.14. The van der Waals surface area contributed by atoms with Crippen LogP contribution in [0.2, 0.25) is 0 Å². The molecule has 0 aromatic heterocycles. The minimum Gasteiger partial charge on any atom is -0.482 e. The SMILES string of the molecule is CCCN(Cc1ccccc1)c1ccc(OCC(=O)OCC)cc1N. The van der Waals surface area contributed by atoms with Crippen molar-refractivity contribution in [3.63, 3.8) is 0 Å². The van der Waals surface area contributed by atoms with Crippen LogP contribution in [0.25, 0.3) is 0 Å². The maximum atomic E-state index is 11.4. The van der Waals surface area contributed by atoms with Crippen molar-refractivity contribution in [3.05, 3.63) is 54.1 Å². The second-order valence-corrected chi connectivity index (χ2v) is 5.72. The lowest BCUT2D eigenvalue weighted by Gasteiger charge is -2.26. The third kappa shape index (κ3) is 5.71. The monoisotopic (exact) mass is 342 g/mol. The van der Waals surface area contributed by atoms with Gasteiger partial charge in [-0.3, -0.25) is 0 Å². The van der Waals surface area contributed by atoms with Crippen LogP contribution in [-0.2, 0) is 16.1 Å². The van der Waals surface area contributed by atoms with Crippen LogP contribution in [0, 0.1) is 0 Å². The molecule has 0 unspecified atom stereocenters. The highest BCUT2D eigenvalue weighted by Gasteiger charge is 2.12. The van der Waals surface area contributed by atoms with Gasteiger partial charge >= 0.3 is 5.97 Å². The van der Waals surface area contributed by atoms with E-state index >= 15 is 0 Å². The van der Waals surface area contributed by atoms with Crippen LogP contribution in [0.3, 0.4) is 0 Å². The Hall–Kier alpha value is -2.69. The number of benzene rings is 2. The first-order valence-electron chi connectivity index (χ1n) is 8.60. The fourth-order valence-electron chi connectivity index (χ4n) is 2.61. The Balaban J connectivity index is 2.09. The van der Waals surface area contributed by atoms with Gasteiger partial charge in [-0.05, 0) is 31.0 Å². The first kappa shape index (κ1) is 18.6. The minimum absolute atomic E-state index is 0.116. The van der Waals surface area contributed by atoms with Gasteiger partial charge in [0.15, 0.2) is 6.61 Å². The Morgan fingerprint density at radius 2 is 1.88 bits per heavy atom. The molecule has 0 aliphatic heterocycles. The number of carbonyl (C=O) groups is 1. The average molecular weight is 342 g/mol. The van der Waals surface area contributed by atoms with Gasteiger partial charge in [-0.2, -0.15) is 0 Å². The first-order valence-corrected chi connectivity index (χ1v) is 8.60. The van der Waals surface area contributed by atoms with E-state index in [-0.39, 0.29) is 12.6 Å². The first-order chi connectivity index (χ1) is 12.1. The van der Waals surface area contributed by atoms with Crippen LogP contribution in [0.4, 0.5) is 11.4 Å². The molecule has 0 saturated carbocycles. The van der Waals surface area contributed by atoms with E-state index in [0.29, 0.717) is 18.0 Å². The maximum absolute atomic E-state index is 11.4. The highest BCUT2D eigenvalue weighted by molar-refractivity contribution is 5.72. The smallest absolute Gasteiger partial charge is 0.344 e. The summed E-state index contributed by atoms with van der Waals surface area (Å²) in [6, 6.07) is 15.8. The Morgan fingerprint density at radius 1 is 1.12 bits per heavy atom. The van der Waals surface area contributed by atoms with E-state index in [9.17, 15) is 4.79 Å². The second-order valence-electron chi connectivity index (χ2n) is 5.72. The largest absolute Gasteiger partial charge is 0.482 e. The van der Waals surface area contributed by atoms with Crippen molar-refractivity contribution >= 4 is 17.3 Å². The van der Waals surface area contributed by atoms with Crippen LogP contribution in [0.5, 0.6) is 5.75 Å². The topological polar surface area (TPSA) is 64.8 Å². The van der Waals surface area contributed by atoms with E-state index in [2.05, 4.69) is 24.0 Å². The zero-order valence-electron chi connectivity index (χ0n) is 14.9. The molecule has 0 aliphatic rings. The summed E-state index contributed by atoms with van der Waals surface area (Å²) in [6.07, 6.45) is 1.02. The lowest BCUT2D eigenvalue weighted by Crippen LogP contribution is -2.24. The molecule has 5 heteroatoms. The number of anilines is 2. The molecular formula is C20H26N2O3. The fraction of sp³-hybridized carbons (Fsp3) is 0.350. The number of nitrogens with two attached hydrogens (primary N) is 1. The van der Waals surface area contributed by atoms with Crippen LogP contribution >= 0.6 is 0 Å². The van der Waals surface area contributed by atoms with E-state index in [1.165, 1.54) is 5.56 Å². The molecule has 0 fully saturated rings. The minimum atomic E-state index is -0.387. The van der Waals surface area contributed by atoms with Gasteiger partial charge in [0.1, 0.15) is 5.75 Å². The van der Waals surface area contributed by atoms with Gasteiger partial charge in [0.2, 0.25) is 0 Å². The van der Waals surface area contributed by atoms with E-state index < -0.39 is 0 Å². The number of hydrogen-bond donors (Lipinski definition) is 1. The molecule has 2 aromatic rings. The molecule has 0 radical (unpaired) electrons. The number of esters is 1. The quantitative estimate of drug-likeness (QED) is 0.557. The average Bonchev–Trinajstić information content (AvgIpc) is 2.61. The summed E-state index contributed by atoms with van der Waals surface area (Å²) in [6.45, 7) is 5.83. The molecule has 134 valence electrons. The van der Waals surface area contributed by atoms with Crippen molar-refractivity contribution in [2.45, 2.75) is 26.8 Å². The predicted molar refractivity (Wildman–Crippen MR) is 101 cm³/mol. The van der Waals surface area contributed by atoms with Crippen LogP contribution in [0.15, 0.2) is 48.5 Å². The molecule has 2 rings (SSSR count). The Labute approximate surface area is 149 Å². The van der Waals surface area contributed by atoms with Crippen LogP contribution < -0.4 is 15.4 Å². The lowest BCUT2D eigenvalue weighted by molar-refractivity contribution is -0.145. The molecule has 0 amide bonds. The Bertz CT molecular complexity index is 674. The normalized spacial score (nSPS) is 10.3. The molecule has 0 atom stereocenters. The van der Waals surface area contributed by atoms with E-state index in [1.807, 2.05) is 30.3 Å². The van der Waals surface area contributed by atoms with Gasteiger partial charge in [-0.15, -0.1) is 0 Å². The van der Waals surface area contributed by atoms with Gasteiger partial charge in [0, 0.05) is 19.2 Å². The molecule has 25 heavy (non-hydrogen) atoms. The van der Waals surface area contributed by atoms with Crippen LogP contribution in [-0.4, -0.2) is 25.7 Å². The van der Waals surface area contributed by atoms with Gasteiger partial charge in [-0.25, -0.2) is 4.79 Å². The van der Waals surface area contributed by atoms with Crippen molar-refractivity contribution in [3.8, 4) is 5.75 Å². The van der Waals surface area contributed by atoms with Crippen LogP contribution in [0.1, 0.15) is 25.8 Å². The number of nitrogens with zero attached hydrogens (tertiary/aromatic N) is 1. The molecule has 0 spiro atoms. The number of rotatable bonds is 9. The third-order valence-corrected chi connectivity index (χ3v) is 3.71. The van der Waals surface area contributed by atoms with E-state index in [0.717, 1.165) is 25.2 Å². The molecule has 2 N–H and O–H groups in total. The number of nitrogen functional groups attached to an aromatic ring is 1. The Morgan fingerprint density at radius 3 is 2.52 bits per heavy atom. The molecule has 0 aliphatic carbocycles. The molecular weight excluding hydrogens is 316 g/mol. The van der Waals surface area contributed by atoms with Crippen molar-refractivity contribution in [2.75, 3.05) is 30.4 Å². The molecule has 5 nitrogen and oxygen atoms in total. The van der Waals surface area contributed by atoms with E-state index in [1.54, 1.807) is 13.0 Å². The van der Waals surface area contributed by atoms with Gasteiger partial charge in [0.25, 0.3) is 0 Å². The summed E-state index contributed by atoms with van der Waals surface area (Å²) < 4.78 is 10.3. The van der Waals surface area contributed by atoms with Gasteiger partial charge in [0.05, 0.1) is 18.0 Å². The van der Waals surface area contributed by atoms with Crippen molar-refractivity contribution < 1.29 is 14.3 Å².